The quantitative estimate of drug-likeness (QED) is 0.483. The van der Waals surface area contributed by atoms with Gasteiger partial charge in [0.05, 0.1) is 5.75 Å². The first kappa shape index (κ1) is 14.2. The zero-order valence-corrected chi connectivity index (χ0v) is 10.7. The van der Waals surface area contributed by atoms with E-state index in [0.29, 0.717) is 5.75 Å². The van der Waals surface area contributed by atoms with Gasteiger partial charge >= 0.3 is 0 Å². The zero-order chi connectivity index (χ0) is 11.0. The van der Waals surface area contributed by atoms with Crippen LogP contribution in [-0.2, 0) is 9.84 Å². The van der Waals surface area contributed by atoms with Crippen molar-refractivity contribution < 1.29 is 8.42 Å². The maximum atomic E-state index is 11.1. The highest BCUT2D eigenvalue weighted by molar-refractivity contribution is 7.91. The van der Waals surface area contributed by atoms with Crippen molar-refractivity contribution >= 4 is 21.4 Å². The van der Waals surface area contributed by atoms with Crippen molar-refractivity contribution in [3.63, 3.8) is 0 Å². The number of unbranched alkanes of at least 4 members (excludes halogenated alkanes) is 1. The molecule has 0 N–H and O–H groups in total. The van der Waals surface area contributed by atoms with Crippen LogP contribution in [0.1, 0.15) is 46.0 Å². The van der Waals surface area contributed by atoms with E-state index in [1.807, 2.05) is 0 Å². The lowest BCUT2D eigenvalue weighted by atomic mass is 10.1. The van der Waals surface area contributed by atoms with Crippen LogP contribution in [0.3, 0.4) is 0 Å². The lowest BCUT2D eigenvalue weighted by Gasteiger charge is -2.07. The predicted molar refractivity (Wildman–Crippen MR) is 62.7 cm³/mol. The van der Waals surface area contributed by atoms with Gasteiger partial charge in [-0.1, -0.05) is 26.7 Å². The summed E-state index contributed by atoms with van der Waals surface area (Å²) in [7, 11) is -2.77. The highest BCUT2D eigenvalue weighted by Gasteiger charge is 2.08. The molecule has 0 aromatic heterocycles. The van der Waals surface area contributed by atoms with E-state index in [0.717, 1.165) is 32.1 Å². The standard InChI is InChI=1S/C10H21ClO2S/c1-3-7-10(11)8-5-6-9-14(12,13)4-2/h10H,3-9H2,1-2H3. The first-order chi connectivity index (χ1) is 6.52. The van der Waals surface area contributed by atoms with Crippen molar-refractivity contribution in [3.05, 3.63) is 0 Å². The third kappa shape index (κ3) is 7.63. The van der Waals surface area contributed by atoms with Gasteiger partial charge in [0.25, 0.3) is 0 Å². The molecule has 14 heavy (non-hydrogen) atoms. The fourth-order valence-electron chi connectivity index (χ4n) is 1.29. The molecule has 0 fully saturated rings. The second-order valence-corrected chi connectivity index (χ2v) is 6.71. The van der Waals surface area contributed by atoms with Crippen molar-refractivity contribution in [2.75, 3.05) is 11.5 Å². The Bertz CT molecular complexity index is 224. The van der Waals surface area contributed by atoms with Crippen LogP contribution >= 0.6 is 11.6 Å². The van der Waals surface area contributed by atoms with E-state index in [2.05, 4.69) is 6.92 Å². The Morgan fingerprint density at radius 3 is 2.29 bits per heavy atom. The maximum absolute atomic E-state index is 11.1. The van der Waals surface area contributed by atoms with Crippen LogP contribution in [-0.4, -0.2) is 25.3 Å². The molecule has 0 radical (unpaired) electrons. The molecular weight excluding hydrogens is 220 g/mol. The van der Waals surface area contributed by atoms with Crippen molar-refractivity contribution in [2.45, 2.75) is 51.3 Å². The van der Waals surface area contributed by atoms with Crippen LogP contribution in [0.5, 0.6) is 0 Å². The van der Waals surface area contributed by atoms with Gasteiger partial charge in [0.2, 0.25) is 0 Å². The van der Waals surface area contributed by atoms with Gasteiger partial charge in [0, 0.05) is 11.1 Å². The van der Waals surface area contributed by atoms with E-state index in [4.69, 9.17) is 11.6 Å². The molecule has 0 aromatic rings. The summed E-state index contributed by atoms with van der Waals surface area (Å²) in [6.07, 6.45) is 4.74. The number of halogens is 1. The molecule has 0 aliphatic heterocycles. The molecule has 2 nitrogen and oxygen atoms in total. The SMILES string of the molecule is CCCC(Cl)CCCCS(=O)(=O)CC. The summed E-state index contributed by atoms with van der Waals surface area (Å²) in [5.74, 6) is 0.575. The summed E-state index contributed by atoms with van der Waals surface area (Å²) in [6.45, 7) is 3.80. The summed E-state index contributed by atoms with van der Waals surface area (Å²) in [6, 6.07) is 0. The molecule has 0 spiro atoms. The second kappa shape index (κ2) is 7.52. The monoisotopic (exact) mass is 240 g/mol. The molecule has 0 aromatic carbocycles. The summed E-state index contributed by atoms with van der Waals surface area (Å²) in [5, 5.41) is 0.226. The van der Waals surface area contributed by atoms with E-state index < -0.39 is 9.84 Å². The maximum Gasteiger partial charge on any atom is 0.150 e. The van der Waals surface area contributed by atoms with E-state index in [1.165, 1.54) is 0 Å². The number of rotatable bonds is 8. The Kier molecular flexibility index (Phi) is 7.65. The van der Waals surface area contributed by atoms with Gasteiger partial charge in [-0.3, -0.25) is 0 Å². The van der Waals surface area contributed by atoms with Crippen LogP contribution < -0.4 is 0 Å². The molecule has 1 unspecified atom stereocenters. The molecule has 86 valence electrons. The van der Waals surface area contributed by atoms with Crippen LogP contribution in [0.15, 0.2) is 0 Å². The summed E-state index contributed by atoms with van der Waals surface area (Å²) < 4.78 is 22.3. The average Bonchev–Trinajstić information content (AvgIpc) is 2.13. The highest BCUT2D eigenvalue weighted by atomic mass is 35.5. The fraction of sp³-hybridized carbons (Fsp3) is 1.00. The van der Waals surface area contributed by atoms with Crippen molar-refractivity contribution in [1.82, 2.24) is 0 Å². The van der Waals surface area contributed by atoms with Gasteiger partial charge in [0.15, 0.2) is 0 Å². The molecule has 0 aliphatic carbocycles. The molecule has 4 heteroatoms. The smallest absolute Gasteiger partial charge is 0.150 e. The Balaban J connectivity index is 3.47. The Morgan fingerprint density at radius 2 is 1.79 bits per heavy atom. The van der Waals surface area contributed by atoms with E-state index in [9.17, 15) is 8.42 Å². The zero-order valence-electron chi connectivity index (χ0n) is 9.13. The first-order valence-corrected chi connectivity index (χ1v) is 7.62. The molecule has 1 atom stereocenters. The van der Waals surface area contributed by atoms with Gasteiger partial charge < -0.3 is 0 Å². The molecule has 0 saturated carbocycles. The minimum Gasteiger partial charge on any atom is -0.229 e. The van der Waals surface area contributed by atoms with Gasteiger partial charge in [-0.25, -0.2) is 8.42 Å². The van der Waals surface area contributed by atoms with Crippen molar-refractivity contribution in [2.24, 2.45) is 0 Å². The fourth-order valence-corrected chi connectivity index (χ4v) is 2.59. The Morgan fingerprint density at radius 1 is 1.14 bits per heavy atom. The van der Waals surface area contributed by atoms with Crippen molar-refractivity contribution in [1.29, 1.82) is 0 Å². The van der Waals surface area contributed by atoms with Crippen LogP contribution in [0, 0.1) is 0 Å². The third-order valence-corrected chi connectivity index (χ3v) is 4.49. The van der Waals surface area contributed by atoms with Gasteiger partial charge in [-0.15, -0.1) is 11.6 Å². The largest absolute Gasteiger partial charge is 0.229 e. The molecule has 0 bridgehead atoms. The molecule has 0 amide bonds. The highest BCUT2D eigenvalue weighted by Crippen LogP contribution is 2.13. The number of hydrogen-bond acceptors (Lipinski definition) is 2. The third-order valence-electron chi connectivity index (χ3n) is 2.26. The average molecular weight is 241 g/mol. The normalized spacial score (nSPS) is 14.2. The minimum absolute atomic E-state index is 0.226. The summed E-state index contributed by atoms with van der Waals surface area (Å²) in [5.41, 5.74) is 0. The van der Waals surface area contributed by atoms with Gasteiger partial charge in [-0.2, -0.15) is 0 Å². The van der Waals surface area contributed by atoms with E-state index in [1.54, 1.807) is 6.92 Å². The van der Waals surface area contributed by atoms with E-state index in [-0.39, 0.29) is 11.1 Å². The van der Waals surface area contributed by atoms with Gasteiger partial charge in [-0.05, 0) is 19.3 Å². The molecule has 0 rings (SSSR count). The number of hydrogen-bond donors (Lipinski definition) is 0. The first-order valence-electron chi connectivity index (χ1n) is 5.36. The summed E-state index contributed by atoms with van der Waals surface area (Å²) >= 11 is 6.02. The van der Waals surface area contributed by atoms with Crippen LogP contribution in [0.2, 0.25) is 0 Å². The lowest BCUT2D eigenvalue weighted by molar-refractivity contribution is 0.586. The Hall–Kier alpha value is 0.240. The van der Waals surface area contributed by atoms with Crippen molar-refractivity contribution in [3.8, 4) is 0 Å². The number of sulfone groups is 1. The molecule has 0 heterocycles. The predicted octanol–water partition coefficient (Wildman–Crippen LogP) is 3.00. The van der Waals surface area contributed by atoms with E-state index >= 15 is 0 Å². The minimum atomic E-state index is -2.77. The molecule has 0 saturated heterocycles. The van der Waals surface area contributed by atoms with Crippen LogP contribution in [0.25, 0.3) is 0 Å². The second-order valence-electron chi connectivity index (χ2n) is 3.62. The topological polar surface area (TPSA) is 34.1 Å². The molecule has 0 aliphatic rings. The Labute approximate surface area is 93.0 Å². The van der Waals surface area contributed by atoms with Gasteiger partial charge in [0.1, 0.15) is 9.84 Å². The molecular formula is C10H21ClO2S. The van der Waals surface area contributed by atoms with Crippen LogP contribution in [0.4, 0.5) is 0 Å². The lowest BCUT2D eigenvalue weighted by Crippen LogP contribution is -2.09. The number of alkyl halides is 1. The summed E-state index contributed by atoms with van der Waals surface area (Å²) in [4.78, 5) is 0.